The van der Waals surface area contributed by atoms with Gasteiger partial charge in [0.2, 0.25) is 0 Å². The van der Waals surface area contributed by atoms with Crippen LogP contribution in [0.1, 0.15) is 17.2 Å². The van der Waals surface area contributed by atoms with Crippen LogP contribution in [0.3, 0.4) is 0 Å². The Kier molecular flexibility index (Phi) is 4.66. The Morgan fingerprint density at radius 2 is 1.79 bits per heavy atom. The molecule has 2 rings (SSSR count). The highest BCUT2D eigenvalue weighted by atomic mass is 79.9. The summed E-state index contributed by atoms with van der Waals surface area (Å²) in [7, 11) is 1.81. The van der Waals surface area contributed by atoms with Crippen LogP contribution in [-0.2, 0) is 6.42 Å². The highest BCUT2D eigenvalue weighted by molar-refractivity contribution is 9.10. The van der Waals surface area contributed by atoms with E-state index in [0.717, 1.165) is 10.0 Å². The lowest BCUT2D eigenvalue weighted by Gasteiger charge is -2.17. The fraction of sp³-hybridized carbons (Fsp3) is 0.200. The molecule has 2 aromatic carbocycles. The molecule has 1 atom stereocenters. The van der Waals surface area contributed by atoms with Gasteiger partial charge in [-0.25, -0.2) is 8.78 Å². The molecule has 0 saturated heterocycles. The summed E-state index contributed by atoms with van der Waals surface area (Å²) < 4.78 is 27.4. The molecule has 0 bridgehead atoms. The minimum atomic E-state index is -0.270. The fourth-order valence-corrected chi connectivity index (χ4v) is 2.32. The normalized spacial score (nSPS) is 12.4. The first-order chi connectivity index (χ1) is 9.10. The Balaban J connectivity index is 2.21. The summed E-state index contributed by atoms with van der Waals surface area (Å²) in [6.07, 6.45) is 0.515. The number of halogens is 3. The minimum Gasteiger partial charge on any atom is -0.313 e. The Morgan fingerprint density at radius 1 is 1.11 bits per heavy atom. The van der Waals surface area contributed by atoms with E-state index in [9.17, 15) is 8.78 Å². The van der Waals surface area contributed by atoms with E-state index in [1.807, 2.05) is 13.1 Å². The van der Waals surface area contributed by atoms with Gasteiger partial charge >= 0.3 is 0 Å². The van der Waals surface area contributed by atoms with E-state index >= 15 is 0 Å². The molecule has 100 valence electrons. The molecular weight excluding hydrogens is 312 g/mol. The Labute approximate surface area is 119 Å². The lowest BCUT2D eigenvalue weighted by Crippen LogP contribution is -2.19. The molecule has 0 radical (unpaired) electrons. The predicted octanol–water partition coefficient (Wildman–Crippen LogP) is 4.23. The van der Waals surface area contributed by atoms with Gasteiger partial charge in [-0.3, -0.25) is 0 Å². The van der Waals surface area contributed by atoms with E-state index in [4.69, 9.17) is 0 Å². The van der Waals surface area contributed by atoms with Crippen molar-refractivity contribution in [3.63, 3.8) is 0 Å². The third-order valence-electron chi connectivity index (χ3n) is 3.06. The summed E-state index contributed by atoms with van der Waals surface area (Å²) in [5, 5.41) is 3.13. The smallest absolute Gasteiger partial charge is 0.127 e. The van der Waals surface area contributed by atoms with Gasteiger partial charge < -0.3 is 5.32 Å². The molecule has 1 nitrogen and oxygen atoms in total. The monoisotopic (exact) mass is 325 g/mol. The van der Waals surface area contributed by atoms with Crippen LogP contribution in [0.15, 0.2) is 46.9 Å². The van der Waals surface area contributed by atoms with Crippen LogP contribution in [0.25, 0.3) is 0 Å². The average molecular weight is 326 g/mol. The van der Waals surface area contributed by atoms with E-state index in [1.54, 1.807) is 18.2 Å². The van der Waals surface area contributed by atoms with E-state index in [2.05, 4.69) is 21.2 Å². The molecule has 4 heteroatoms. The van der Waals surface area contributed by atoms with E-state index in [-0.39, 0.29) is 17.7 Å². The van der Waals surface area contributed by atoms with Crippen LogP contribution in [-0.4, -0.2) is 7.05 Å². The second kappa shape index (κ2) is 6.26. The molecule has 0 amide bonds. The van der Waals surface area contributed by atoms with Gasteiger partial charge in [-0.2, -0.15) is 0 Å². The molecule has 2 aromatic rings. The molecule has 1 unspecified atom stereocenters. The minimum absolute atomic E-state index is 0.0451. The zero-order valence-electron chi connectivity index (χ0n) is 10.5. The second-order valence-electron chi connectivity index (χ2n) is 4.33. The van der Waals surface area contributed by atoms with Crippen molar-refractivity contribution >= 4 is 15.9 Å². The molecule has 0 aliphatic heterocycles. The average Bonchev–Trinajstić information content (AvgIpc) is 2.39. The molecule has 0 heterocycles. The quantitative estimate of drug-likeness (QED) is 0.887. The lowest BCUT2D eigenvalue weighted by molar-refractivity contribution is 0.552. The third kappa shape index (κ3) is 3.61. The second-order valence-corrected chi connectivity index (χ2v) is 5.25. The highest BCUT2D eigenvalue weighted by Crippen LogP contribution is 2.22. The maximum absolute atomic E-state index is 13.8. The topological polar surface area (TPSA) is 12.0 Å². The van der Waals surface area contributed by atoms with Gasteiger partial charge in [-0.15, -0.1) is 0 Å². The summed E-state index contributed by atoms with van der Waals surface area (Å²) in [6, 6.07) is 11.2. The number of nitrogens with one attached hydrogen (secondary N) is 1. The van der Waals surface area contributed by atoms with Crippen molar-refractivity contribution in [2.24, 2.45) is 0 Å². The van der Waals surface area contributed by atoms with Crippen molar-refractivity contribution in [2.45, 2.75) is 12.5 Å². The molecule has 0 aliphatic carbocycles. The van der Waals surface area contributed by atoms with Crippen molar-refractivity contribution in [1.29, 1.82) is 0 Å². The standard InChI is InChI=1S/C15H14BrF2N/c1-19-15(10-3-6-13(17)7-4-10)8-11-2-5-12(16)9-14(11)18/h2-7,9,15,19H,8H2,1H3. The number of rotatable bonds is 4. The zero-order chi connectivity index (χ0) is 13.8. The van der Waals surface area contributed by atoms with Crippen molar-refractivity contribution in [1.82, 2.24) is 5.32 Å². The SMILES string of the molecule is CNC(Cc1ccc(Br)cc1F)c1ccc(F)cc1. The van der Waals surface area contributed by atoms with Gasteiger partial charge in [0.15, 0.2) is 0 Å². The Hall–Kier alpha value is -1.26. The van der Waals surface area contributed by atoms with Crippen molar-refractivity contribution in [3.8, 4) is 0 Å². The first-order valence-electron chi connectivity index (χ1n) is 5.97. The maximum Gasteiger partial charge on any atom is 0.127 e. The Bertz CT molecular complexity index is 555. The van der Waals surface area contributed by atoms with Crippen LogP contribution in [0.4, 0.5) is 8.78 Å². The van der Waals surface area contributed by atoms with E-state index in [1.165, 1.54) is 18.2 Å². The van der Waals surface area contributed by atoms with Crippen LogP contribution >= 0.6 is 15.9 Å². The van der Waals surface area contributed by atoms with Gasteiger partial charge in [0.25, 0.3) is 0 Å². The molecule has 0 fully saturated rings. The molecular formula is C15H14BrF2N. The van der Waals surface area contributed by atoms with Gasteiger partial charge in [-0.1, -0.05) is 34.1 Å². The molecule has 0 saturated carbocycles. The molecule has 19 heavy (non-hydrogen) atoms. The first kappa shape index (κ1) is 14.2. The van der Waals surface area contributed by atoms with Crippen LogP contribution in [0, 0.1) is 11.6 Å². The van der Waals surface area contributed by atoms with Gasteiger partial charge in [-0.05, 0) is 48.9 Å². The Morgan fingerprint density at radius 3 is 2.37 bits per heavy atom. The zero-order valence-corrected chi connectivity index (χ0v) is 12.0. The largest absolute Gasteiger partial charge is 0.313 e. The molecule has 0 spiro atoms. The van der Waals surface area contributed by atoms with Gasteiger partial charge in [0, 0.05) is 10.5 Å². The van der Waals surface area contributed by atoms with Crippen molar-refractivity contribution < 1.29 is 8.78 Å². The fourth-order valence-electron chi connectivity index (χ4n) is 1.99. The third-order valence-corrected chi connectivity index (χ3v) is 3.55. The summed E-state index contributed by atoms with van der Waals surface area (Å²) in [5.74, 6) is -0.509. The predicted molar refractivity (Wildman–Crippen MR) is 76.0 cm³/mol. The summed E-state index contributed by atoms with van der Waals surface area (Å²) in [5.41, 5.74) is 1.57. The molecule has 0 aromatic heterocycles. The molecule has 0 aliphatic rings. The molecule has 1 N–H and O–H groups in total. The van der Waals surface area contributed by atoms with Crippen molar-refractivity contribution in [2.75, 3.05) is 7.05 Å². The van der Waals surface area contributed by atoms with Crippen LogP contribution in [0.5, 0.6) is 0 Å². The van der Waals surface area contributed by atoms with E-state index < -0.39 is 0 Å². The van der Waals surface area contributed by atoms with Gasteiger partial charge in [0.05, 0.1) is 0 Å². The van der Waals surface area contributed by atoms with E-state index in [0.29, 0.717) is 12.0 Å². The maximum atomic E-state index is 13.8. The summed E-state index contributed by atoms with van der Waals surface area (Å²) >= 11 is 3.24. The highest BCUT2D eigenvalue weighted by Gasteiger charge is 2.13. The summed E-state index contributed by atoms with van der Waals surface area (Å²) in [4.78, 5) is 0. The van der Waals surface area contributed by atoms with Crippen LogP contribution in [0.2, 0.25) is 0 Å². The first-order valence-corrected chi connectivity index (χ1v) is 6.76. The van der Waals surface area contributed by atoms with Crippen molar-refractivity contribution in [3.05, 3.63) is 69.7 Å². The number of likely N-dealkylation sites (N-methyl/N-ethyl adjacent to an activating group) is 1. The lowest BCUT2D eigenvalue weighted by atomic mass is 9.99. The summed E-state index contributed by atoms with van der Waals surface area (Å²) in [6.45, 7) is 0. The van der Waals surface area contributed by atoms with Crippen LogP contribution < -0.4 is 5.32 Å². The number of benzene rings is 2. The number of hydrogen-bond acceptors (Lipinski definition) is 1. The van der Waals surface area contributed by atoms with Gasteiger partial charge in [0.1, 0.15) is 11.6 Å². The number of hydrogen-bond donors (Lipinski definition) is 1.